The zero-order valence-electron chi connectivity index (χ0n) is 9.90. The maximum Gasteiger partial charge on any atom is 0.326 e. The van der Waals surface area contributed by atoms with Crippen molar-refractivity contribution in [2.24, 2.45) is 10.8 Å². The second-order valence-electron chi connectivity index (χ2n) is 4.46. The normalized spacial score (nSPS) is 20.9. The second-order valence-corrected chi connectivity index (χ2v) is 4.46. The molecule has 0 atom stereocenters. The van der Waals surface area contributed by atoms with Crippen LogP contribution in [0.5, 0.6) is 0 Å². The number of nitriles is 2. The predicted octanol–water partition coefficient (Wildman–Crippen LogP) is 1.14. The topological polar surface area (TPSA) is 94.1 Å². The van der Waals surface area contributed by atoms with Crippen LogP contribution >= 0.6 is 0 Å². The highest BCUT2D eigenvalue weighted by Crippen LogP contribution is 2.45. The largest absolute Gasteiger partial charge is 0.465 e. The molecule has 2 fully saturated rings. The number of aliphatic hydroxyl groups is 1. The molecule has 0 aromatic rings. The lowest BCUT2D eigenvalue weighted by molar-refractivity contribution is -0.147. The highest BCUT2D eigenvalue weighted by Gasteiger charge is 2.52. The van der Waals surface area contributed by atoms with Gasteiger partial charge in [-0.2, -0.15) is 10.5 Å². The van der Waals surface area contributed by atoms with Crippen molar-refractivity contribution in [2.45, 2.75) is 32.6 Å². The first kappa shape index (κ1) is 13.5. The number of aliphatic hydroxyl groups excluding tert-OH is 1. The van der Waals surface area contributed by atoms with E-state index in [4.69, 9.17) is 20.4 Å². The first-order valence-electron chi connectivity index (χ1n) is 5.69. The molecule has 92 valence electrons. The number of esters is 1. The van der Waals surface area contributed by atoms with Crippen molar-refractivity contribution in [2.75, 3.05) is 13.2 Å². The van der Waals surface area contributed by atoms with Gasteiger partial charge in [-0.25, -0.2) is 0 Å². The van der Waals surface area contributed by atoms with E-state index in [2.05, 4.69) is 6.07 Å². The van der Waals surface area contributed by atoms with Gasteiger partial charge < -0.3 is 9.84 Å². The van der Waals surface area contributed by atoms with Gasteiger partial charge in [0.1, 0.15) is 0 Å². The summed E-state index contributed by atoms with van der Waals surface area (Å²) in [5.74, 6) is -0.350. The Bertz CT molecular complexity index is 370. The Labute approximate surface area is 101 Å². The molecule has 2 saturated carbocycles. The van der Waals surface area contributed by atoms with E-state index in [1.54, 1.807) is 6.92 Å². The van der Waals surface area contributed by atoms with Gasteiger partial charge in [-0.05, 0) is 32.6 Å². The molecule has 0 spiro atoms. The number of ether oxygens (including phenoxy) is 1. The Hall–Kier alpha value is -1.59. The minimum absolute atomic E-state index is 0.0451. The van der Waals surface area contributed by atoms with E-state index < -0.39 is 5.41 Å². The van der Waals surface area contributed by atoms with Crippen molar-refractivity contribution in [1.29, 1.82) is 10.5 Å². The fourth-order valence-electron chi connectivity index (χ4n) is 1.21. The van der Waals surface area contributed by atoms with Crippen molar-refractivity contribution in [3.63, 3.8) is 0 Å². The van der Waals surface area contributed by atoms with E-state index in [1.807, 2.05) is 6.07 Å². The van der Waals surface area contributed by atoms with Crippen molar-refractivity contribution in [3.05, 3.63) is 0 Å². The second kappa shape index (κ2) is 5.16. The minimum atomic E-state index is -0.754. The molecule has 0 aromatic carbocycles. The lowest BCUT2D eigenvalue weighted by atomic mass is 10.1. The minimum Gasteiger partial charge on any atom is -0.465 e. The van der Waals surface area contributed by atoms with Crippen LogP contribution in [0.25, 0.3) is 0 Å². The highest BCUT2D eigenvalue weighted by atomic mass is 16.5. The van der Waals surface area contributed by atoms with Crippen LogP contribution in [0.2, 0.25) is 0 Å². The lowest BCUT2D eigenvalue weighted by Crippen LogP contribution is -2.16. The average molecular weight is 236 g/mol. The summed E-state index contributed by atoms with van der Waals surface area (Å²) in [6.45, 7) is 2.15. The molecule has 17 heavy (non-hydrogen) atoms. The fourth-order valence-corrected chi connectivity index (χ4v) is 1.21. The first-order valence-corrected chi connectivity index (χ1v) is 5.69. The number of hydrogen-bond acceptors (Lipinski definition) is 5. The molecule has 2 aliphatic rings. The third-order valence-electron chi connectivity index (χ3n) is 3.02. The van der Waals surface area contributed by atoms with Gasteiger partial charge in [0.15, 0.2) is 5.41 Å². The molecule has 5 heteroatoms. The van der Waals surface area contributed by atoms with Crippen LogP contribution < -0.4 is 0 Å². The van der Waals surface area contributed by atoms with Gasteiger partial charge in [0.05, 0.1) is 30.8 Å². The van der Waals surface area contributed by atoms with Crippen LogP contribution in [0.1, 0.15) is 32.6 Å². The Morgan fingerprint density at radius 1 is 1.29 bits per heavy atom. The monoisotopic (exact) mass is 236 g/mol. The Morgan fingerprint density at radius 2 is 1.88 bits per heavy atom. The van der Waals surface area contributed by atoms with Gasteiger partial charge >= 0.3 is 5.97 Å². The third kappa shape index (κ3) is 3.18. The fraction of sp³-hybridized carbons (Fsp3) is 0.750. The van der Waals surface area contributed by atoms with Gasteiger partial charge in [-0.15, -0.1) is 0 Å². The van der Waals surface area contributed by atoms with Crippen LogP contribution in [0.15, 0.2) is 0 Å². The molecule has 5 nitrogen and oxygen atoms in total. The van der Waals surface area contributed by atoms with Crippen LogP contribution in [0, 0.1) is 33.5 Å². The summed E-state index contributed by atoms with van der Waals surface area (Å²) >= 11 is 0. The SMILES string of the molecule is CCOC(=O)C1(C#N)CC1.N#CC1(CO)CC1. The quantitative estimate of drug-likeness (QED) is 0.741. The molecular weight excluding hydrogens is 220 g/mol. The zero-order valence-corrected chi connectivity index (χ0v) is 9.90. The van der Waals surface area contributed by atoms with Crippen LogP contribution in [0.3, 0.4) is 0 Å². The van der Waals surface area contributed by atoms with E-state index in [0.29, 0.717) is 19.4 Å². The predicted molar refractivity (Wildman–Crippen MR) is 58.3 cm³/mol. The molecule has 2 aliphatic carbocycles. The molecule has 0 heterocycles. The number of carbonyl (C=O) groups is 1. The molecule has 0 saturated heterocycles. The molecule has 0 aliphatic heterocycles. The maximum absolute atomic E-state index is 10.9. The van der Waals surface area contributed by atoms with Crippen LogP contribution in [-0.4, -0.2) is 24.3 Å². The standard InChI is InChI=1S/C7H9NO2.C5H7NO/c1-2-10-6(9)7(5-8)3-4-7;6-3-5(4-7)1-2-5/h2-4H2,1H3;7H,1-2,4H2. The first-order chi connectivity index (χ1) is 8.08. The Balaban J connectivity index is 0.000000181. The molecule has 0 bridgehead atoms. The van der Waals surface area contributed by atoms with E-state index in [9.17, 15) is 4.79 Å². The molecule has 0 radical (unpaired) electrons. The van der Waals surface area contributed by atoms with E-state index in [-0.39, 0.29) is 18.0 Å². The number of hydrogen-bond donors (Lipinski definition) is 1. The van der Waals surface area contributed by atoms with Gasteiger partial charge in [0, 0.05) is 0 Å². The van der Waals surface area contributed by atoms with Gasteiger partial charge in [0.25, 0.3) is 0 Å². The molecule has 0 unspecified atom stereocenters. The van der Waals surface area contributed by atoms with Crippen molar-refractivity contribution >= 4 is 5.97 Å². The smallest absolute Gasteiger partial charge is 0.326 e. The summed E-state index contributed by atoms with van der Waals surface area (Å²) in [4.78, 5) is 10.9. The van der Waals surface area contributed by atoms with Crippen molar-refractivity contribution in [3.8, 4) is 12.1 Å². The van der Waals surface area contributed by atoms with Crippen molar-refractivity contribution in [1.82, 2.24) is 0 Å². The average Bonchev–Trinajstić information content (AvgIpc) is 3.25. The molecular formula is C12H16N2O3. The van der Waals surface area contributed by atoms with E-state index >= 15 is 0 Å². The Kier molecular flexibility index (Phi) is 4.09. The summed E-state index contributed by atoms with van der Waals surface area (Å²) < 4.78 is 4.70. The number of carbonyl (C=O) groups excluding carboxylic acids is 1. The van der Waals surface area contributed by atoms with Gasteiger partial charge in [-0.1, -0.05) is 0 Å². The van der Waals surface area contributed by atoms with E-state index in [0.717, 1.165) is 12.8 Å². The summed E-state index contributed by atoms with van der Waals surface area (Å²) in [7, 11) is 0. The number of rotatable bonds is 3. The molecule has 0 amide bonds. The molecule has 1 N–H and O–H groups in total. The summed E-state index contributed by atoms with van der Waals surface area (Å²) in [6, 6.07) is 4.01. The maximum atomic E-state index is 10.9. The highest BCUT2D eigenvalue weighted by molar-refractivity contribution is 5.83. The van der Waals surface area contributed by atoms with E-state index in [1.165, 1.54) is 0 Å². The van der Waals surface area contributed by atoms with Crippen LogP contribution in [0.4, 0.5) is 0 Å². The van der Waals surface area contributed by atoms with Crippen LogP contribution in [-0.2, 0) is 9.53 Å². The van der Waals surface area contributed by atoms with Crippen molar-refractivity contribution < 1.29 is 14.6 Å². The molecule has 0 aromatic heterocycles. The number of nitrogens with zero attached hydrogens (tertiary/aromatic N) is 2. The Morgan fingerprint density at radius 3 is 2.06 bits per heavy atom. The zero-order chi connectivity index (χ0) is 12.9. The summed E-state index contributed by atoms with van der Waals surface area (Å²) in [5, 5.41) is 25.2. The van der Waals surface area contributed by atoms with Gasteiger partial charge in [0.2, 0.25) is 0 Å². The lowest BCUT2D eigenvalue weighted by Gasteiger charge is -2.02. The molecule has 2 rings (SSSR count). The third-order valence-corrected chi connectivity index (χ3v) is 3.02. The van der Waals surface area contributed by atoms with Gasteiger partial charge in [-0.3, -0.25) is 4.79 Å². The summed E-state index contributed by atoms with van der Waals surface area (Å²) in [5.41, 5.74) is -1.06. The summed E-state index contributed by atoms with van der Waals surface area (Å²) in [6.07, 6.45) is 3.12.